The van der Waals surface area contributed by atoms with Crippen LogP contribution in [0.25, 0.3) is 11.1 Å². The molecule has 4 rings (SSSR count). The van der Waals surface area contributed by atoms with Gasteiger partial charge >= 0.3 is 0 Å². The van der Waals surface area contributed by atoms with Gasteiger partial charge in [0.2, 0.25) is 15.9 Å². The number of rotatable bonds is 5. The van der Waals surface area contributed by atoms with Crippen LogP contribution in [0.5, 0.6) is 0 Å². The van der Waals surface area contributed by atoms with Crippen molar-refractivity contribution in [1.29, 1.82) is 0 Å². The number of nitrogens with zero attached hydrogens (tertiary/aromatic N) is 2. The molecule has 2 aromatic carbocycles. The smallest absolute Gasteiger partial charge is 0.299 e. The van der Waals surface area contributed by atoms with Crippen molar-refractivity contribution < 1.29 is 22.3 Å². The first kappa shape index (κ1) is 24.3. The quantitative estimate of drug-likeness (QED) is 0.555. The zero-order valence-corrected chi connectivity index (χ0v) is 20.2. The summed E-state index contributed by atoms with van der Waals surface area (Å²) in [6.07, 6.45) is 2.97. The van der Waals surface area contributed by atoms with Crippen molar-refractivity contribution in [1.82, 2.24) is 9.71 Å². The van der Waals surface area contributed by atoms with Crippen LogP contribution in [0.4, 0.5) is 4.39 Å². The number of ether oxygens (including phenoxy) is 1. The van der Waals surface area contributed by atoms with Gasteiger partial charge in [-0.15, -0.1) is 0 Å². The number of aromatic nitrogens is 1. The van der Waals surface area contributed by atoms with Gasteiger partial charge in [0.05, 0.1) is 11.6 Å². The average molecular weight is 497 g/mol. The van der Waals surface area contributed by atoms with Crippen LogP contribution in [0.15, 0.2) is 72.0 Å². The highest BCUT2D eigenvalue weighted by Gasteiger charge is 2.48. The molecule has 1 aliphatic heterocycles. The summed E-state index contributed by atoms with van der Waals surface area (Å²) < 4.78 is 49.0. The van der Waals surface area contributed by atoms with Crippen LogP contribution in [-0.4, -0.2) is 30.9 Å². The fourth-order valence-corrected chi connectivity index (χ4v) is 5.92. The molecule has 1 aliphatic rings. The van der Waals surface area contributed by atoms with Crippen molar-refractivity contribution in [2.75, 3.05) is 0 Å². The summed E-state index contributed by atoms with van der Waals surface area (Å²) in [5, 5.41) is -1.04. The van der Waals surface area contributed by atoms with Crippen LogP contribution in [0.2, 0.25) is 0 Å². The first-order chi connectivity index (χ1) is 16.5. The molecule has 1 aromatic heterocycles. The maximum atomic E-state index is 14.1. The summed E-state index contributed by atoms with van der Waals surface area (Å²) in [4.78, 5) is 19.8. The van der Waals surface area contributed by atoms with Gasteiger partial charge in [-0.05, 0) is 44.0 Å². The normalized spacial score (nSPS) is 20.5. The van der Waals surface area contributed by atoms with Gasteiger partial charge in [-0.2, -0.15) is 0 Å². The van der Waals surface area contributed by atoms with Crippen molar-refractivity contribution in [3.8, 4) is 11.1 Å². The van der Waals surface area contributed by atoms with E-state index in [1.54, 1.807) is 75.5 Å². The van der Waals surface area contributed by atoms with Crippen LogP contribution >= 0.6 is 0 Å². The van der Waals surface area contributed by atoms with Gasteiger partial charge in [-0.3, -0.25) is 9.78 Å². The van der Waals surface area contributed by atoms with Crippen LogP contribution in [0.3, 0.4) is 0 Å². The molecule has 182 valence electrons. The van der Waals surface area contributed by atoms with Gasteiger partial charge in [0.25, 0.3) is 6.02 Å². The molecule has 0 radical (unpaired) electrons. The molecule has 10 heteroatoms. The number of hydrogen-bond acceptors (Lipinski definition) is 6. The fourth-order valence-electron chi connectivity index (χ4n) is 4.15. The molecule has 1 saturated heterocycles. The van der Waals surface area contributed by atoms with E-state index in [0.29, 0.717) is 16.7 Å². The maximum Gasteiger partial charge on any atom is 0.299 e. The van der Waals surface area contributed by atoms with E-state index >= 15 is 0 Å². The van der Waals surface area contributed by atoms with E-state index in [1.165, 1.54) is 12.3 Å². The second-order valence-corrected chi connectivity index (χ2v) is 10.6. The Morgan fingerprint density at radius 3 is 2.46 bits per heavy atom. The van der Waals surface area contributed by atoms with Gasteiger partial charge in [0.15, 0.2) is 0 Å². The second-order valence-electron chi connectivity index (χ2n) is 8.81. The van der Waals surface area contributed by atoms with Gasteiger partial charge in [-0.25, -0.2) is 22.5 Å². The van der Waals surface area contributed by atoms with Gasteiger partial charge in [0.1, 0.15) is 16.7 Å². The molecule has 3 N–H and O–H groups in total. The van der Waals surface area contributed by atoms with E-state index in [0.717, 1.165) is 5.56 Å². The number of aliphatic imine (C=N–C) groups is 1. The number of pyridine rings is 1. The zero-order valence-electron chi connectivity index (χ0n) is 19.4. The maximum absolute atomic E-state index is 14.1. The third-order valence-corrected chi connectivity index (χ3v) is 7.69. The van der Waals surface area contributed by atoms with Gasteiger partial charge < -0.3 is 10.5 Å². The molecular formula is C25H25FN4O4S. The first-order valence-corrected chi connectivity index (χ1v) is 12.4. The van der Waals surface area contributed by atoms with Crippen LogP contribution in [-0.2, 0) is 14.8 Å². The van der Waals surface area contributed by atoms with Crippen molar-refractivity contribution in [3.63, 3.8) is 0 Å². The standard InChI is InChI=1S/C25H25FN4O4S/c1-15(20-6-4-5-7-21(20)26)29-24-30-35(32,33)22(25(2,3)34-24)17-10-8-16(9-11-17)18-12-19(23(27)31)14-28-13-18/h4-15,22H,1-3H3,(H2,27,31)(H,29,30). The van der Waals surface area contributed by atoms with E-state index in [-0.39, 0.29) is 11.6 Å². The molecule has 35 heavy (non-hydrogen) atoms. The lowest BCUT2D eigenvalue weighted by molar-refractivity contribution is 0.0761. The minimum absolute atomic E-state index is 0.187. The van der Waals surface area contributed by atoms with Gasteiger partial charge in [-0.1, -0.05) is 42.5 Å². The first-order valence-electron chi connectivity index (χ1n) is 10.9. The van der Waals surface area contributed by atoms with Crippen molar-refractivity contribution in [2.45, 2.75) is 37.7 Å². The molecule has 1 amide bonds. The third-order valence-electron chi connectivity index (χ3n) is 5.77. The Morgan fingerprint density at radius 2 is 1.83 bits per heavy atom. The zero-order chi connectivity index (χ0) is 25.4. The molecule has 3 aromatic rings. The molecule has 8 nitrogen and oxygen atoms in total. The number of sulfonamides is 1. The molecule has 1 fully saturated rings. The molecule has 0 spiro atoms. The number of carbonyl (C=O) groups is 1. The number of benzene rings is 2. The monoisotopic (exact) mass is 496 g/mol. The molecule has 0 aliphatic carbocycles. The molecule has 0 saturated carbocycles. The van der Waals surface area contributed by atoms with Crippen molar-refractivity contribution in [3.05, 3.63) is 89.5 Å². The predicted octanol–water partition coefficient (Wildman–Crippen LogP) is 3.87. The topological polar surface area (TPSA) is 124 Å². The summed E-state index contributed by atoms with van der Waals surface area (Å²) in [5.41, 5.74) is 6.67. The lowest BCUT2D eigenvalue weighted by atomic mass is 9.95. The summed E-state index contributed by atoms with van der Waals surface area (Å²) in [6, 6.07) is 13.8. The van der Waals surface area contributed by atoms with E-state index in [2.05, 4.69) is 14.7 Å². The number of carbonyl (C=O) groups excluding carboxylic acids is 1. The number of nitrogens with one attached hydrogen (secondary N) is 1. The number of amides is 1. The Kier molecular flexibility index (Phi) is 6.33. The molecule has 2 atom stereocenters. The van der Waals surface area contributed by atoms with E-state index in [1.807, 2.05) is 0 Å². The Hall–Kier alpha value is -3.79. The summed E-state index contributed by atoms with van der Waals surface area (Å²) in [6.45, 7) is 4.98. The van der Waals surface area contributed by atoms with Crippen molar-refractivity contribution >= 4 is 22.0 Å². The summed E-state index contributed by atoms with van der Waals surface area (Å²) in [7, 11) is -3.94. The van der Waals surface area contributed by atoms with E-state index in [4.69, 9.17) is 10.5 Å². The van der Waals surface area contributed by atoms with Crippen LogP contribution in [0, 0.1) is 5.82 Å². The SMILES string of the molecule is CC(N=C1NS(=O)(=O)C(c2ccc(-c3cncc(C(N)=O)c3)cc2)C(C)(C)O1)c1ccccc1F. The fraction of sp³-hybridized carbons (Fsp3) is 0.240. The number of nitrogens with two attached hydrogens (primary N) is 1. The Balaban J connectivity index is 1.61. The Labute approximate surface area is 203 Å². The number of halogens is 1. The number of primary amides is 1. The minimum Gasteiger partial charge on any atom is -0.457 e. The predicted molar refractivity (Wildman–Crippen MR) is 130 cm³/mol. The van der Waals surface area contributed by atoms with Crippen LogP contribution < -0.4 is 10.5 Å². The molecule has 2 unspecified atom stereocenters. The average Bonchev–Trinajstić information content (AvgIpc) is 2.78. The summed E-state index contributed by atoms with van der Waals surface area (Å²) in [5.74, 6) is -1.02. The van der Waals surface area contributed by atoms with Gasteiger partial charge in [0, 0.05) is 23.5 Å². The minimum atomic E-state index is -3.94. The largest absolute Gasteiger partial charge is 0.457 e. The van der Waals surface area contributed by atoms with E-state index in [9.17, 15) is 17.6 Å². The van der Waals surface area contributed by atoms with Crippen molar-refractivity contribution in [2.24, 2.45) is 10.7 Å². The lowest BCUT2D eigenvalue weighted by Gasteiger charge is -2.39. The number of hydrogen-bond donors (Lipinski definition) is 2. The number of amidine groups is 1. The molecule has 2 heterocycles. The molecule has 0 bridgehead atoms. The van der Waals surface area contributed by atoms with Crippen LogP contribution in [0.1, 0.15) is 53.5 Å². The highest BCUT2D eigenvalue weighted by Crippen LogP contribution is 2.39. The Bertz CT molecular complexity index is 1400. The Morgan fingerprint density at radius 1 is 1.14 bits per heavy atom. The van der Waals surface area contributed by atoms with E-state index < -0.39 is 38.6 Å². The lowest BCUT2D eigenvalue weighted by Crippen LogP contribution is -2.53. The second kappa shape index (κ2) is 9.10. The highest BCUT2D eigenvalue weighted by atomic mass is 32.2. The molecular weight excluding hydrogens is 471 g/mol. The highest BCUT2D eigenvalue weighted by molar-refractivity contribution is 7.90. The third kappa shape index (κ3) is 5.02. The summed E-state index contributed by atoms with van der Waals surface area (Å²) >= 11 is 0.